The Morgan fingerprint density at radius 3 is 2.14 bits per heavy atom. The van der Waals surface area contributed by atoms with E-state index in [1.807, 2.05) is 39.0 Å². The van der Waals surface area contributed by atoms with Crippen molar-refractivity contribution in [3.05, 3.63) is 30.3 Å². The first-order chi connectivity index (χ1) is 9.83. The molecule has 0 saturated heterocycles. The summed E-state index contributed by atoms with van der Waals surface area (Å²) >= 11 is 1.63. The van der Waals surface area contributed by atoms with Gasteiger partial charge in [0.25, 0.3) is 0 Å². The van der Waals surface area contributed by atoms with Crippen LogP contribution >= 0.6 is 11.8 Å². The number of rotatable bonds is 4. The van der Waals surface area contributed by atoms with Crippen molar-refractivity contribution in [2.45, 2.75) is 74.7 Å². The van der Waals surface area contributed by atoms with Gasteiger partial charge in [-0.1, -0.05) is 58.2 Å². The van der Waals surface area contributed by atoms with Gasteiger partial charge in [0.1, 0.15) is 0 Å². The quantitative estimate of drug-likeness (QED) is 0.817. The second-order valence-corrected chi connectivity index (χ2v) is 8.54. The Morgan fingerprint density at radius 2 is 1.62 bits per heavy atom. The van der Waals surface area contributed by atoms with Gasteiger partial charge in [-0.25, -0.2) is 0 Å². The summed E-state index contributed by atoms with van der Waals surface area (Å²) in [6.07, 6.45) is 4.36. The van der Waals surface area contributed by atoms with E-state index in [-0.39, 0.29) is 10.7 Å². The molecular weight excluding hydrogens is 280 g/mol. The summed E-state index contributed by atoms with van der Waals surface area (Å²) < 4.78 is 0. The molecule has 2 N–H and O–H groups in total. The third-order valence-electron chi connectivity index (χ3n) is 4.43. The van der Waals surface area contributed by atoms with Crippen LogP contribution in [-0.2, 0) is 0 Å². The average molecular weight is 308 g/mol. The molecule has 1 aliphatic rings. The Morgan fingerprint density at radius 1 is 1.05 bits per heavy atom. The third-order valence-corrected chi connectivity index (χ3v) is 5.92. The predicted octanol–water partition coefficient (Wildman–Crippen LogP) is 4.25. The Labute approximate surface area is 133 Å². The van der Waals surface area contributed by atoms with Crippen LogP contribution in [0, 0.1) is 5.41 Å². The first-order valence-corrected chi connectivity index (χ1v) is 8.83. The Hall–Kier alpha value is -0.510. The van der Waals surface area contributed by atoms with E-state index in [0.717, 1.165) is 30.6 Å². The van der Waals surface area contributed by atoms with Crippen molar-refractivity contribution in [1.29, 1.82) is 0 Å². The van der Waals surface area contributed by atoms with Crippen LogP contribution < -0.4 is 0 Å². The van der Waals surface area contributed by atoms with Crippen LogP contribution in [0.2, 0.25) is 0 Å². The van der Waals surface area contributed by atoms with Crippen molar-refractivity contribution in [3.8, 4) is 0 Å². The van der Waals surface area contributed by atoms with Gasteiger partial charge in [0, 0.05) is 4.90 Å². The molecule has 21 heavy (non-hydrogen) atoms. The number of aliphatic hydroxyl groups is 2. The zero-order valence-corrected chi connectivity index (χ0v) is 14.2. The minimum Gasteiger partial charge on any atom is -0.391 e. The maximum absolute atomic E-state index is 11.1. The minimum atomic E-state index is -0.758. The number of thioether (sulfide) groups is 1. The maximum Gasteiger partial charge on any atom is 0.0794 e. The van der Waals surface area contributed by atoms with E-state index >= 15 is 0 Å². The predicted molar refractivity (Wildman–Crippen MR) is 89.6 cm³/mol. The van der Waals surface area contributed by atoms with Crippen LogP contribution in [0.25, 0.3) is 0 Å². The summed E-state index contributed by atoms with van der Waals surface area (Å²) in [7, 11) is 0. The number of benzene rings is 1. The molecule has 1 aliphatic carbocycles. The van der Waals surface area contributed by atoms with Gasteiger partial charge in [-0.2, -0.15) is 0 Å². The maximum atomic E-state index is 11.1. The summed E-state index contributed by atoms with van der Waals surface area (Å²) in [5.74, 6) is 0. The molecule has 3 heteroatoms. The largest absolute Gasteiger partial charge is 0.391 e. The van der Waals surface area contributed by atoms with Gasteiger partial charge in [0.2, 0.25) is 0 Å². The molecule has 1 aromatic carbocycles. The highest BCUT2D eigenvalue weighted by molar-refractivity contribution is 8.00. The highest BCUT2D eigenvalue weighted by Gasteiger charge is 2.45. The zero-order chi connectivity index (χ0) is 15.5. The van der Waals surface area contributed by atoms with Crippen molar-refractivity contribution in [2.75, 3.05) is 0 Å². The lowest BCUT2D eigenvalue weighted by Crippen LogP contribution is -2.52. The second-order valence-electron chi connectivity index (χ2n) is 7.33. The van der Waals surface area contributed by atoms with E-state index in [1.165, 1.54) is 6.42 Å². The van der Waals surface area contributed by atoms with Crippen LogP contribution in [-0.4, -0.2) is 27.2 Å². The molecule has 2 unspecified atom stereocenters. The van der Waals surface area contributed by atoms with Crippen LogP contribution in [0.1, 0.15) is 52.9 Å². The van der Waals surface area contributed by atoms with Crippen molar-refractivity contribution in [3.63, 3.8) is 0 Å². The summed E-state index contributed by atoms with van der Waals surface area (Å²) in [5, 5.41) is 21.8. The van der Waals surface area contributed by atoms with Gasteiger partial charge in [0.05, 0.1) is 17.0 Å². The molecule has 0 heterocycles. The molecule has 0 radical (unpaired) electrons. The van der Waals surface area contributed by atoms with Crippen molar-refractivity contribution in [1.82, 2.24) is 0 Å². The fourth-order valence-corrected chi connectivity index (χ4v) is 4.62. The second kappa shape index (κ2) is 6.72. The van der Waals surface area contributed by atoms with Crippen molar-refractivity contribution in [2.24, 2.45) is 5.41 Å². The SMILES string of the molecule is CC(C)(C)C(O)C(Sc1ccccc1)C1(O)CCCCC1. The first-order valence-electron chi connectivity index (χ1n) is 7.95. The molecule has 118 valence electrons. The topological polar surface area (TPSA) is 40.5 Å². The Bertz CT molecular complexity index is 432. The molecule has 1 saturated carbocycles. The van der Waals surface area contributed by atoms with Crippen LogP contribution in [0.15, 0.2) is 35.2 Å². The number of aliphatic hydroxyl groups excluding tert-OH is 1. The molecule has 2 nitrogen and oxygen atoms in total. The van der Waals surface area contributed by atoms with Crippen molar-refractivity contribution >= 4 is 11.8 Å². The van der Waals surface area contributed by atoms with Gasteiger partial charge in [-0.15, -0.1) is 11.8 Å². The summed E-state index contributed by atoms with van der Waals surface area (Å²) in [6.45, 7) is 6.13. The number of hydrogen-bond donors (Lipinski definition) is 2. The molecule has 1 aromatic rings. The van der Waals surface area contributed by atoms with E-state index in [1.54, 1.807) is 11.8 Å². The van der Waals surface area contributed by atoms with E-state index in [2.05, 4.69) is 12.1 Å². The van der Waals surface area contributed by atoms with E-state index < -0.39 is 11.7 Å². The third kappa shape index (κ3) is 4.24. The average Bonchev–Trinajstić information content (AvgIpc) is 2.45. The normalized spacial score (nSPS) is 21.8. The fraction of sp³-hybridized carbons (Fsp3) is 0.667. The summed E-state index contributed by atoms with van der Waals surface area (Å²) in [4.78, 5) is 1.12. The lowest BCUT2D eigenvalue weighted by atomic mass is 9.75. The highest BCUT2D eigenvalue weighted by Crippen LogP contribution is 2.44. The van der Waals surface area contributed by atoms with E-state index in [0.29, 0.717) is 0 Å². The Kier molecular flexibility index (Phi) is 5.39. The molecular formula is C18H28O2S. The van der Waals surface area contributed by atoms with Gasteiger partial charge < -0.3 is 10.2 Å². The first kappa shape index (κ1) is 16.9. The molecule has 0 bridgehead atoms. The minimum absolute atomic E-state index is 0.180. The van der Waals surface area contributed by atoms with Gasteiger partial charge >= 0.3 is 0 Å². The standard InChI is InChI=1S/C18H28O2S/c1-17(2,3)15(19)16(18(20)12-8-5-9-13-18)21-14-10-6-4-7-11-14/h4,6-7,10-11,15-16,19-20H,5,8-9,12-13H2,1-3H3. The number of hydrogen-bond acceptors (Lipinski definition) is 3. The monoisotopic (exact) mass is 308 g/mol. The van der Waals surface area contributed by atoms with E-state index in [9.17, 15) is 10.2 Å². The summed E-state index contributed by atoms with van der Waals surface area (Å²) in [5.41, 5.74) is -0.995. The van der Waals surface area contributed by atoms with Crippen LogP contribution in [0.3, 0.4) is 0 Å². The molecule has 2 atom stereocenters. The molecule has 0 aromatic heterocycles. The van der Waals surface area contributed by atoms with Gasteiger partial charge in [-0.3, -0.25) is 0 Å². The molecule has 2 rings (SSSR count). The van der Waals surface area contributed by atoms with Crippen LogP contribution in [0.4, 0.5) is 0 Å². The smallest absolute Gasteiger partial charge is 0.0794 e. The van der Waals surface area contributed by atoms with Crippen molar-refractivity contribution < 1.29 is 10.2 Å². The molecule has 0 amide bonds. The van der Waals surface area contributed by atoms with E-state index in [4.69, 9.17) is 0 Å². The zero-order valence-electron chi connectivity index (χ0n) is 13.4. The van der Waals surface area contributed by atoms with Gasteiger partial charge in [0.15, 0.2) is 0 Å². The molecule has 1 fully saturated rings. The lowest BCUT2D eigenvalue weighted by molar-refractivity contribution is -0.0560. The highest BCUT2D eigenvalue weighted by atomic mass is 32.2. The lowest BCUT2D eigenvalue weighted by Gasteiger charge is -2.44. The fourth-order valence-electron chi connectivity index (χ4n) is 3.02. The molecule has 0 spiro atoms. The Balaban J connectivity index is 2.25. The van der Waals surface area contributed by atoms with Gasteiger partial charge in [-0.05, 0) is 30.4 Å². The summed E-state index contributed by atoms with van der Waals surface area (Å²) in [6, 6.07) is 10.1. The molecule has 0 aliphatic heterocycles. The van der Waals surface area contributed by atoms with Crippen LogP contribution in [0.5, 0.6) is 0 Å².